The highest BCUT2D eigenvalue weighted by atomic mass is 32.2. The minimum absolute atomic E-state index is 0.00920. The molecule has 1 fully saturated rings. The minimum atomic E-state index is -3.61. The predicted octanol–water partition coefficient (Wildman–Crippen LogP) is 1.28. The van der Waals surface area contributed by atoms with Crippen LogP contribution in [0.1, 0.15) is 36.7 Å². The second kappa shape index (κ2) is 5.34. The van der Waals surface area contributed by atoms with Crippen LogP contribution >= 0.6 is 0 Å². The van der Waals surface area contributed by atoms with Gasteiger partial charge in [0, 0.05) is 19.3 Å². The summed E-state index contributed by atoms with van der Waals surface area (Å²) in [4.78, 5) is 11.0. The molecule has 1 saturated carbocycles. The van der Waals surface area contributed by atoms with Crippen molar-refractivity contribution in [2.24, 2.45) is 5.92 Å². The third-order valence-electron chi connectivity index (χ3n) is 3.28. The summed E-state index contributed by atoms with van der Waals surface area (Å²) in [6.45, 7) is 2.59. The summed E-state index contributed by atoms with van der Waals surface area (Å²) in [6, 6.07) is 1.20. The molecule has 0 unspecified atom stereocenters. The van der Waals surface area contributed by atoms with Gasteiger partial charge < -0.3 is 9.67 Å². The van der Waals surface area contributed by atoms with Gasteiger partial charge in [-0.15, -0.1) is 0 Å². The Hall–Kier alpha value is -1.34. The summed E-state index contributed by atoms with van der Waals surface area (Å²) in [5, 5.41) is 9.00. The summed E-state index contributed by atoms with van der Waals surface area (Å²) >= 11 is 0. The van der Waals surface area contributed by atoms with Gasteiger partial charge in [0.1, 0.15) is 10.6 Å². The summed E-state index contributed by atoms with van der Waals surface area (Å²) < 4.78 is 28.0. The Balaban J connectivity index is 2.12. The lowest BCUT2D eigenvalue weighted by Crippen LogP contribution is -2.24. The lowest BCUT2D eigenvalue weighted by molar-refractivity contribution is 0.0685. The first-order valence-electron chi connectivity index (χ1n) is 6.37. The van der Waals surface area contributed by atoms with Crippen molar-refractivity contribution in [3.8, 4) is 0 Å². The highest BCUT2D eigenvalue weighted by Gasteiger charge is 2.23. The highest BCUT2D eigenvalue weighted by molar-refractivity contribution is 7.89. The van der Waals surface area contributed by atoms with Crippen molar-refractivity contribution < 1.29 is 18.3 Å². The maximum atomic E-state index is 12.0. The van der Waals surface area contributed by atoms with E-state index < -0.39 is 16.0 Å². The maximum absolute atomic E-state index is 12.0. The fraction of sp³-hybridized carbons (Fsp3) is 0.583. The van der Waals surface area contributed by atoms with Crippen molar-refractivity contribution in [3.63, 3.8) is 0 Å². The van der Waals surface area contributed by atoms with E-state index in [1.807, 2.05) is 0 Å². The van der Waals surface area contributed by atoms with Crippen LogP contribution in [-0.2, 0) is 16.6 Å². The average molecular weight is 286 g/mol. The molecule has 1 aromatic rings. The van der Waals surface area contributed by atoms with Crippen molar-refractivity contribution in [1.29, 1.82) is 0 Å². The molecule has 0 saturated heterocycles. The number of aromatic carboxylic acids is 1. The van der Waals surface area contributed by atoms with Gasteiger partial charge in [-0.25, -0.2) is 17.9 Å². The van der Waals surface area contributed by atoms with Gasteiger partial charge in [0.25, 0.3) is 0 Å². The lowest BCUT2D eigenvalue weighted by Gasteiger charge is -2.03. The van der Waals surface area contributed by atoms with Crippen molar-refractivity contribution in [1.82, 2.24) is 9.29 Å². The van der Waals surface area contributed by atoms with Gasteiger partial charge in [0.2, 0.25) is 10.0 Å². The van der Waals surface area contributed by atoms with Crippen LogP contribution in [0.25, 0.3) is 0 Å². The van der Waals surface area contributed by atoms with E-state index in [0.717, 1.165) is 6.42 Å². The monoisotopic (exact) mass is 286 g/mol. The van der Waals surface area contributed by atoms with Gasteiger partial charge in [-0.2, -0.15) is 0 Å². The molecule has 1 heterocycles. The zero-order chi connectivity index (χ0) is 14.0. The van der Waals surface area contributed by atoms with Crippen LogP contribution in [0.2, 0.25) is 0 Å². The van der Waals surface area contributed by atoms with E-state index in [-0.39, 0.29) is 10.6 Å². The Morgan fingerprint density at radius 1 is 1.53 bits per heavy atom. The number of carboxylic acids is 1. The SMILES string of the molecule is CCn1cc(S(=O)(=O)NCCC2CC2)cc1C(=O)O. The molecule has 19 heavy (non-hydrogen) atoms. The molecule has 7 heteroatoms. The van der Waals surface area contributed by atoms with Crippen LogP contribution < -0.4 is 4.72 Å². The van der Waals surface area contributed by atoms with E-state index in [9.17, 15) is 13.2 Å². The molecule has 1 aliphatic rings. The molecular weight excluding hydrogens is 268 g/mol. The first-order chi connectivity index (χ1) is 8.94. The molecule has 1 aromatic heterocycles. The average Bonchev–Trinajstić information content (AvgIpc) is 3.04. The summed E-state index contributed by atoms with van der Waals surface area (Å²) in [5.74, 6) is -0.473. The summed E-state index contributed by atoms with van der Waals surface area (Å²) in [7, 11) is -3.61. The molecule has 0 amide bonds. The molecule has 106 valence electrons. The van der Waals surface area contributed by atoms with Crippen LogP contribution in [-0.4, -0.2) is 30.6 Å². The summed E-state index contributed by atoms with van der Waals surface area (Å²) in [6.07, 6.45) is 4.57. The Bertz CT molecular complexity index is 573. The van der Waals surface area contributed by atoms with Crippen LogP contribution in [0.3, 0.4) is 0 Å². The molecular formula is C12H18N2O4S. The number of hydrogen-bond donors (Lipinski definition) is 2. The van der Waals surface area contributed by atoms with Crippen LogP contribution in [0, 0.1) is 5.92 Å². The fourth-order valence-corrected chi connectivity index (χ4v) is 3.04. The molecule has 0 spiro atoms. The van der Waals surface area contributed by atoms with E-state index >= 15 is 0 Å². The van der Waals surface area contributed by atoms with Crippen molar-refractivity contribution in [2.45, 2.75) is 37.6 Å². The summed E-state index contributed by atoms with van der Waals surface area (Å²) in [5.41, 5.74) is -0.00920. The molecule has 2 rings (SSSR count). The molecule has 6 nitrogen and oxygen atoms in total. The van der Waals surface area contributed by atoms with Crippen molar-refractivity contribution >= 4 is 16.0 Å². The fourth-order valence-electron chi connectivity index (χ4n) is 1.96. The predicted molar refractivity (Wildman–Crippen MR) is 69.6 cm³/mol. The Kier molecular flexibility index (Phi) is 3.96. The number of rotatable bonds is 7. The normalized spacial score (nSPS) is 15.6. The van der Waals surface area contributed by atoms with E-state index in [0.29, 0.717) is 19.0 Å². The number of carboxylic acid groups (broad SMARTS) is 1. The Labute approximate surface area is 112 Å². The third-order valence-corrected chi connectivity index (χ3v) is 4.71. The van der Waals surface area contributed by atoms with Crippen LogP contribution in [0.5, 0.6) is 0 Å². The van der Waals surface area contributed by atoms with E-state index in [1.165, 1.54) is 29.7 Å². The number of aryl methyl sites for hydroxylation is 1. The van der Waals surface area contributed by atoms with Gasteiger partial charge in [-0.1, -0.05) is 12.8 Å². The third kappa shape index (κ3) is 3.36. The number of sulfonamides is 1. The molecule has 0 radical (unpaired) electrons. The smallest absolute Gasteiger partial charge is 0.352 e. The van der Waals surface area contributed by atoms with E-state index in [4.69, 9.17) is 5.11 Å². The number of carbonyl (C=O) groups is 1. The molecule has 1 aliphatic carbocycles. The second-order valence-corrected chi connectivity index (χ2v) is 6.55. The van der Waals surface area contributed by atoms with Gasteiger partial charge in [-0.3, -0.25) is 0 Å². The van der Waals surface area contributed by atoms with E-state index in [1.54, 1.807) is 6.92 Å². The minimum Gasteiger partial charge on any atom is -0.477 e. The zero-order valence-electron chi connectivity index (χ0n) is 10.8. The quantitative estimate of drug-likeness (QED) is 0.790. The van der Waals surface area contributed by atoms with Gasteiger partial charge in [0.05, 0.1) is 0 Å². The largest absolute Gasteiger partial charge is 0.477 e. The number of nitrogens with one attached hydrogen (secondary N) is 1. The standard InChI is InChI=1S/C12H18N2O4S/c1-2-14-8-10(7-11(14)12(15)16)19(17,18)13-6-5-9-3-4-9/h7-9,13H,2-6H2,1H3,(H,15,16). The molecule has 0 bridgehead atoms. The van der Waals surface area contributed by atoms with E-state index in [2.05, 4.69) is 4.72 Å². The topological polar surface area (TPSA) is 88.4 Å². The van der Waals surface area contributed by atoms with Crippen molar-refractivity contribution in [2.75, 3.05) is 6.54 Å². The van der Waals surface area contributed by atoms with Crippen molar-refractivity contribution in [3.05, 3.63) is 18.0 Å². The maximum Gasteiger partial charge on any atom is 0.352 e. The Morgan fingerprint density at radius 2 is 2.21 bits per heavy atom. The molecule has 0 aliphatic heterocycles. The molecule has 0 aromatic carbocycles. The van der Waals surface area contributed by atoms with Crippen LogP contribution in [0.15, 0.2) is 17.2 Å². The first-order valence-corrected chi connectivity index (χ1v) is 7.85. The lowest BCUT2D eigenvalue weighted by atomic mass is 10.3. The zero-order valence-corrected chi connectivity index (χ0v) is 11.6. The number of aromatic nitrogens is 1. The first kappa shape index (κ1) is 14.1. The van der Waals surface area contributed by atoms with Gasteiger partial charge in [-0.05, 0) is 25.3 Å². The second-order valence-electron chi connectivity index (χ2n) is 4.78. The molecule has 2 N–H and O–H groups in total. The number of hydrogen-bond acceptors (Lipinski definition) is 3. The number of nitrogens with zero attached hydrogens (tertiary/aromatic N) is 1. The van der Waals surface area contributed by atoms with Gasteiger partial charge in [0.15, 0.2) is 0 Å². The highest BCUT2D eigenvalue weighted by Crippen LogP contribution is 2.31. The Morgan fingerprint density at radius 3 is 2.68 bits per heavy atom. The van der Waals surface area contributed by atoms with Gasteiger partial charge >= 0.3 is 5.97 Å². The van der Waals surface area contributed by atoms with Crippen LogP contribution in [0.4, 0.5) is 0 Å². The molecule has 0 atom stereocenters.